The molecule has 1 heterocycles. The molecule has 0 radical (unpaired) electrons. The molecule has 2 aromatic rings. The lowest BCUT2D eigenvalue weighted by atomic mass is 10.1. The summed E-state index contributed by atoms with van der Waals surface area (Å²) >= 11 is 3.40. The molecule has 0 bridgehead atoms. The number of benzene rings is 1. The van der Waals surface area contributed by atoms with Gasteiger partial charge in [0, 0.05) is 16.1 Å². The number of esters is 1. The van der Waals surface area contributed by atoms with Crippen molar-refractivity contribution in [1.29, 1.82) is 0 Å². The molecule has 0 saturated carbocycles. The van der Waals surface area contributed by atoms with Crippen LogP contribution in [-0.2, 0) is 4.74 Å². The average Bonchev–Trinajstić information content (AvgIpc) is 2.25. The minimum absolute atomic E-state index is 0.326. The summed E-state index contributed by atoms with van der Waals surface area (Å²) in [4.78, 5) is 16.4. The molecule has 18 heavy (non-hydrogen) atoms. The third kappa shape index (κ3) is 2.88. The molecule has 2 rings (SSSR count). The first kappa shape index (κ1) is 13.0. The van der Waals surface area contributed by atoms with E-state index in [0.717, 1.165) is 15.4 Å². The second kappa shape index (κ2) is 4.69. The Balaban J connectivity index is 2.51. The van der Waals surface area contributed by atoms with Gasteiger partial charge in [-0.05, 0) is 45.0 Å². The highest BCUT2D eigenvalue weighted by Crippen LogP contribution is 2.23. The zero-order valence-electron chi connectivity index (χ0n) is 10.5. The van der Waals surface area contributed by atoms with Crippen molar-refractivity contribution in [2.24, 2.45) is 0 Å². The zero-order valence-corrected chi connectivity index (χ0v) is 12.1. The van der Waals surface area contributed by atoms with E-state index in [4.69, 9.17) is 4.74 Å². The van der Waals surface area contributed by atoms with Gasteiger partial charge in [-0.25, -0.2) is 4.79 Å². The first-order valence-corrected chi connectivity index (χ1v) is 6.44. The van der Waals surface area contributed by atoms with Gasteiger partial charge in [0.2, 0.25) is 0 Å². The fraction of sp³-hybridized carbons (Fsp3) is 0.286. The highest BCUT2D eigenvalue weighted by molar-refractivity contribution is 9.10. The Labute approximate surface area is 114 Å². The van der Waals surface area contributed by atoms with Gasteiger partial charge < -0.3 is 4.74 Å². The number of fused-ring (bicyclic) bond motifs is 1. The van der Waals surface area contributed by atoms with Crippen molar-refractivity contribution in [3.05, 3.63) is 40.5 Å². The number of halogens is 1. The van der Waals surface area contributed by atoms with Gasteiger partial charge in [0.05, 0.1) is 11.1 Å². The van der Waals surface area contributed by atoms with Gasteiger partial charge in [0.15, 0.2) is 0 Å². The van der Waals surface area contributed by atoms with E-state index in [-0.39, 0.29) is 5.97 Å². The Hall–Kier alpha value is -1.42. The molecular formula is C14H14BrNO2. The first-order chi connectivity index (χ1) is 8.37. The van der Waals surface area contributed by atoms with Crippen LogP contribution in [0.4, 0.5) is 0 Å². The normalized spacial score (nSPS) is 11.6. The van der Waals surface area contributed by atoms with Gasteiger partial charge in [-0.3, -0.25) is 4.98 Å². The van der Waals surface area contributed by atoms with Crippen molar-refractivity contribution < 1.29 is 9.53 Å². The number of carbonyl (C=O) groups is 1. The molecule has 0 spiro atoms. The number of hydrogen-bond donors (Lipinski definition) is 0. The number of nitrogens with zero attached hydrogens (tertiary/aromatic N) is 1. The summed E-state index contributed by atoms with van der Waals surface area (Å²) in [6.45, 7) is 5.55. The summed E-state index contributed by atoms with van der Waals surface area (Å²) in [5.74, 6) is -0.326. The standard InChI is InChI=1S/C14H14BrNO2/c1-14(2,3)18-13(17)10-6-7-16-12-5-4-9(15)8-11(10)12/h4-8H,1-3H3. The molecule has 4 heteroatoms. The summed E-state index contributed by atoms with van der Waals surface area (Å²) in [7, 11) is 0. The molecule has 0 aliphatic carbocycles. The van der Waals surface area contributed by atoms with Crippen molar-refractivity contribution in [2.45, 2.75) is 26.4 Å². The largest absolute Gasteiger partial charge is 0.456 e. The van der Waals surface area contributed by atoms with E-state index in [2.05, 4.69) is 20.9 Å². The lowest BCUT2D eigenvalue weighted by Gasteiger charge is -2.19. The number of pyridine rings is 1. The SMILES string of the molecule is CC(C)(C)OC(=O)c1ccnc2ccc(Br)cc12. The van der Waals surface area contributed by atoms with E-state index in [0.29, 0.717) is 5.56 Å². The molecule has 0 fully saturated rings. The summed E-state index contributed by atoms with van der Waals surface area (Å²) < 4.78 is 6.30. The highest BCUT2D eigenvalue weighted by atomic mass is 79.9. The third-order valence-electron chi connectivity index (χ3n) is 2.32. The maximum atomic E-state index is 12.1. The van der Waals surface area contributed by atoms with Crippen LogP contribution in [0.25, 0.3) is 10.9 Å². The van der Waals surface area contributed by atoms with Crippen LogP contribution >= 0.6 is 15.9 Å². The maximum Gasteiger partial charge on any atom is 0.339 e. The molecule has 1 aromatic carbocycles. The Kier molecular flexibility index (Phi) is 3.39. The Bertz CT molecular complexity index is 602. The smallest absolute Gasteiger partial charge is 0.339 e. The van der Waals surface area contributed by atoms with E-state index < -0.39 is 5.60 Å². The third-order valence-corrected chi connectivity index (χ3v) is 2.82. The molecular weight excluding hydrogens is 294 g/mol. The van der Waals surface area contributed by atoms with Crippen LogP contribution in [0.2, 0.25) is 0 Å². The lowest BCUT2D eigenvalue weighted by molar-refractivity contribution is 0.00718. The fourth-order valence-electron chi connectivity index (χ4n) is 1.63. The van der Waals surface area contributed by atoms with Crippen LogP contribution in [0.1, 0.15) is 31.1 Å². The molecule has 0 N–H and O–H groups in total. The lowest BCUT2D eigenvalue weighted by Crippen LogP contribution is -2.24. The average molecular weight is 308 g/mol. The van der Waals surface area contributed by atoms with Gasteiger partial charge in [0.25, 0.3) is 0 Å². The van der Waals surface area contributed by atoms with Gasteiger partial charge in [0.1, 0.15) is 5.60 Å². The van der Waals surface area contributed by atoms with Crippen LogP contribution in [0.3, 0.4) is 0 Å². The van der Waals surface area contributed by atoms with E-state index in [1.807, 2.05) is 39.0 Å². The second-order valence-corrected chi connectivity index (χ2v) is 5.94. The molecule has 0 atom stereocenters. The molecule has 3 nitrogen and oxygen atoms in total. The predicted octanol–water partition coefficient (Wildman–Crippen LogP) is 3.95. The minimum Gasteiger partial charge on any atom is -0.456 e. The van der Waals surface area contributed by atoms with E-state index in [1.54, 1.807) is 12.3 Å². The highest BCUT2D eigenvalue weighted by Gasteiger charge is 2.19. The van der Waals surface area contributed by atoms with Gasteiger partial charge in [-0.15, -0.1) is 0 Å². The minimum atomic E-state index is -0.501. The molecule has 0 aliphatic rings. The number of ether oxygens (including phenoxy) is 1. The maximum absolute atomic E-state index is 12.1. The quantitative estimate of drug-likeness (QED) is 0.749. The van der Waals surface area contributed by atoms with Crippen LogP contribution in [0, 0.1) is 0 Å². The zero-order chi connectivity index (χ0) is 13.3. The summed E-state index contributed by atoms with van der Waals surface area (Å²) in [6, 6.07) is 7.33. The number of carbonyl (C=O) groups excluding carboxylic acids is 1. The van der Waals surface area contributed by atoms with E-state index in [9.17, 15) is 4.79 Å². The Morgan fingerprint density at radius 1 is 1.28 bits per heavy atom. The first-order valence-electron chi connectivity index (χ1n) is 5.64. The fourth-order valence-corrected chi connectivity index (χ4v) is 1.99. The molecule has 0 aliphatic heterocycles. The van der Waals surface area contributed by atoms with Crippen molar-refractivity contribution in [3.63, 3.8) is 0 Å². The number of rotatable bonds is 1. The molecule has 0 amide bonds. The van der Waals surface area contributed by atoms with Gasteiger partial charge in [-0.1, -0.05) is 15.9 Å². The Morgan fingerprint density at radius 3 is 2.67 bits per heavy atom. The van der Waals surface area contributed by atoms with Crippen LogP contribution in [-0.4, -0.2) is 16.6 Å². The van der Waals surface area contributed by atoms with E-state index >= 15 is 0 Å². The monoisotopic (exact) mass is 307 g/mol. The predicted molar refractivity (Wildman–Crippen MR) is 74.6 cm³/mol. The molecule has 0 unspecified atom stereocenters. The second-order valence-electron chi connectivity index (χ2n) is 5.02. The van der Waals surface area contributed by atoms with E-state index in [1.165, 1.54) is 0 Å². The van der Waals surface area contributed by atoms with Gasteiger partial charge in [-0.2, -0.15) is 0 Å². The van der Waals surface area contributed by atoms with Crippen molar-refractivity contribution in [3.8, 4) is 0 Å². The van der Waals surface area contributed by atoms with Crippen LogP contribution in [0.15, 0.2) is 34.9 Å². The van der Waals surface area contributed by atoms with Gasteiger partial charge >= 0.3 is 5.97 Å². The molecule has 1 aromatic heterocycles. The van der Waals surface area contributed by atoms with Crippen molar-refractivity contribution >= 4 is 32.8 Å². The Morgan fingerprint density at radius 2 is 2.00 bits per heavy atom. The summed E-state index contributed by atoms with van der Waals surface area (Å²) in [5.41, 5.74) is 0.816. The summed E-state index contributed by atoms with van der Waals surface area (Å²) in [6.07, 6.45) is 1.62. The van der Waals surface area contributed by atoms with Crippen molar-refractivity contribution in [2.75, 3.05) is 0 Å². The van der Waals surface area contributed by atoms with Crippen LogP contribution in [0.5, 0.6) is 0 Å². The van der Waals surface area contributed by atoms with Crippen LogP contribution < -0.4 is 0 Å². The summed E-state index contributed by atoms with van der Waals surface area (Å²) in [5, 5.41) is 0.793. The molecule has 0 saturated heterocycles. The van der Waals surface area contributed by atoms with Crippen molar-refractivity contribution in [1.82, 2.24) is 4.98 Å². The topological polar surface area (TPSA) is 39.2 Å². The number of hydrogen-bond acceptors (Lipinski definition) is 3. The molecule has 94 valence electrons. The number of aromatic nitrogens is 1.